The molecule has 0 aliphatic heterocycles. The fourth-order valence-electron chi connectivity index (χ4n) is 3.33. The average molecular weight is 255 g/mol. The molecule has 0 bridgehead atoms. The van der Waals surface area contributed by atoms with Crippen LogP contribution in [0.2, 0.25) is 0 Å². The van der Waals surface area contributed by atoms with Gasteiger partial charge < -0.3 is 0 Å². The van der Waals surface area contributed by atoms with Gasteiger partial charge in [-0.05, 0) is 24.2 Å². The van der Waals surface area contributed by atoms with Crippen LogP contribution in [-0.4, -0.2) is 0 Å². The monoisotopic (exact) mass is 254 g/mol. The standard InChI is InChI=1S/C18H38/c1-6-10-11-13-16(5)14-15-18(12-7-2)17(8-3)9-4/h16-18H,6-15H2,1-5H3. The minimum absolute atomic E-state index is 0.949. The van der Waals surface area contributed by atoms with E-state index in [1.54, 1.807) is 0 Å². The van der Waals surface area contributed by atoms with Crippen LogP contribution in [-0.2, 0) is 0 Å². The highest BCUT2D eigenvalue weighted by atomic mass is 14.2. The molecule has 110 valence electrons. The molecule has 0 saturated heterocycles. The van der Waals surface area contributed by atoms with E-state index in [0.717, 1.165) is 17.8 Å². The first-order valence-electron chi connectivity index (χ1n) is 8.69. The molecule has 0 amide bonds. The Labute approximate surface area is 117 Å². The van der Waals surface area contributed by atoms with E-state index in [1.807, 2.05) is 0 Å². The predicted octanol–water partition coefficient (Wildman–Crippen LogP) is 6.84. The molecule has 0 aliphatic rings. The second-order valence-electron chi connectivity index (χ2n) is 6.30. The average Bonchev–Trinajstić information content (AvgIpc) is 2.37. The first-order valence-corrected chi connectivity index (χ1v) is 8.69. The summed E-state index contributed by atoms with van der Waals surface area (Å²) >= 11 is 0. The molecule has 18 heavy (non-hydrogen) atoms. The second kappa shape index (κ2) is 12.1. The van der Waals surface area contributed by atoms with Crippen LogP contribution in [0.4, 0.5) is 0 Å². The molecule has 0 rings (SSSR count). The van der Waals surface area contributed by atoms with E-state index in [0.29, 0.717) is 0 Å². The Bertz CT molecular complexity index is 157. The molecule has 0 saturated carbocycles. The Morgan fingerprint density at radius 2 is 1.28 bits per heavy atom. The van der Waals surface area contributed by atoms with Gasteiger partial charge in [0.05, 0.1) is 0 Å². The number of rotatable bonds is 12. The van der Waals surface area contributed by atoms with Crippen LogP contribution >= 0.6 is 0 Å². The van der Waals surface area contributed by atoms with E-state index >= 15 is 0 Å². The van der Waals surface area contributed by atoms with E-state index < -0.39 is 0 Å². The summed E-state index contributed by atoms with van der Waals surface area (Å²) in [6.45, 7) is 11.9. The second-order valence-corrected chi connectivity index (χ2v) is 6.30. The largest absolute Gasteiger partial charge is 0.0654 e. The van der Waals surface area contributed by atoms with Gasteiger partial charge >= 0.3 is 0 Å². The summed E-state index contributed by atoms with van der Waals surface area (Å²) in [6, 6.07) is 0. The van der Waals surface area contributed by atoms with Gasteiger partial charge in [-0.25, -0.2) is 0 Å². The van der Waals surface area contributed by atoms with Crippen LogP contribution in [0.3, 0.4) is 0 Å². The normalized spacial score (nSPS) is 15.0. The van der Waals surface area contributed by atoms with Gasteiger partial charge in [0.25, 0.3) is 0 Å². The summed E-state index contributed by atoms with van der Waals surface area (Å²) in [5.74, 6) is 2.93. The van der Waals surface area contributed by atoms with Gasteiger partial charge in [0, 0.05) is 0 Å². The molecule has 0 aliphatic carbocycles. The lowest BCUT2D eigenvalue weighted by atomic mass is 9.80. The maximum atomic E-state index is 2.46. The summed E-state index contributed by atoms with van der Waals surface area (Å²) in [5.41, 5.74) is 0. The van der Waals surface area contributed by atoms with Gasteiger partial charge in [-0.15, -0.1) is 0 Å². The Balaban J connectivity index is 3.93. The van der Waals surface area contributed by atoms with Crippen molar-refractivity contribution in [1.82, 2.24) is 0 Å². The van der Waals surface area contributed by atoms with E-state index in [-0.39, 0.29) is 0 Å². The Morgan fingerprint density at radius 3 is 1.78 bits per heavy atom. The third-order valence-electron chi connectivity index (χ3n) is 4.71. The lowest BCUT2D eigenvalue weighted by Crippen LogP contribution is -2.14. The summed E-state index contributed by atoms with van der Waals surface area (Å²) in [7, 11) is 0. The molecule has 0 heterocycles. The summed E-state index contributed by atoms with van der Waals surface area (Å²) < 4.78 is 0. The molecule has 0 aromatic rings. The molecule has 0 aromatic carbocycles. The molecular formula is C18H38. The summed E-state index contributed by atoms with van der Waals surface area (Å²) in [4.78, 5) is 0. The number of unbranched alkanes of at least 4 members (excludes halogenated alkanes) is 2. The number of hydrogen-bond acceptors (Lipinski definition) is 0. The summed E-state index contributed by atoms with van der Waals surface area (Å²) in [6.07, 6.45) is 14.2. The van der Waals surface area contributed by atoms with Gasteiger partial charge in [-0.2, -0.15) is 0 Å². The van der Waals surface area contributed by atoms with Crippen molar-refractivity contribution in [1.29, 1.82) is 0 Å². The van der Waals surface area contributed by atoms with Gasteiger partial charge in [0.15, 0.2) is 0 Å². The van der Waals surface area contributed by atoms with Crippen LogP contribution in [0.15, 0.2) is 0 Å². The molecule has 0 N–H and O–H groups in total. The van der Waals surface area contributed by atoms with Crippen molar-refractivity contribution >= 4 is 0 Å². The molecule has 2 unspecified atom stereocenters. The van der Waals surface area contributed by atoms with Crippen molar-refractivity contribution in [3.63, 3.8) is 0 Å². The smallest absolute Gasteiger partial charge is 0.0386 e. The van der Waals surface area contributed by atoms with Crippen LogP contribution < -0.4 is 0 Å². The van der Waals surface area contributed by atoms with E-state index in [4.69, 9.17) is 0 Å². The molecule has 0 radical (unpaired) electrons. The lowest BCUT2D eigenvalue weighted by molar-refractivity contribution is 0.254. The minimum atomic E-state index is 0.949. The van der Waals surface area contributed by atoms with E-state index in [9.17, 15) is 0 Å². The minimum Gasteiger partial charge on any atom is -0.0654 e. The van der Waals surface area contributed by atoms with E-state index in [1.165, 1.54) is 64.2 Å². The maximum absolute atomic E-state index is 2.46. The van der Waals surface area contributed by atoms with Crippen molar-refractivity contribution in [3.05, 3.63) is 0 Å². The molecular weight excluding hydrogens is 216 g/mol. The van der Waals surface area contributed by atoms with Crippen molar-refractivity contribution in [2.24, 2.45) is 17.8 Å². The summed E-state index contributed by atoms with van der Waals surface area (Å²) in [5, 5.41) is 0. The fourth-order valence-corrected chi connectivity index (χ4v) is 3.33. The zero-order valence-electron chi connectivity index (χ0n) is 13.8. The third kappa shape index (κ3) is 8.16. The first kappa shape index (κ1) is 18.0. The van der Waals surface area contributed by atoms with Crippen molar-refractivity contribution in [2.45, 2.75) is 98.8 Å². The molecule has 0 nitrogen and oxygen atoms in total. The Morgan fingerprint density at radius 1 is 0.611 bits per heavy atom. The van der Waals surface area contributed by atoms with Gasteiger partial charge in [0.2, 0.25) is 0 Å². The first-order chi connectivity index (χ1) is 8.69. The highest BCUT2D eigenvalue weighted by Gasteiger charge is 2.18. The van der Waals surface area contributed by atoms with Crippen LogP contribution in [0.5, 0.6) is 0 Å². The van der Waals surface area contributed by atoms with Gasteiger partial charge in [0.1, 0.15) is 0 Å². The topological polar surface area (TPSA) is 0 Å². The quantitative estimate of drug-likeness (QED) is 0.335. The zero-order chi connectivity index (χ0) is 13.8. The number of hydrogen-bond donors (Lipinski definition) is 0. The SMILES string of the molecule is CCCCCC(C)CCC(CCC)C(CC)CC. The highest BCUT2D eigenvalue weighted by Crippen LogP contribution is 2.30. The molecule has 0 heteroatoms. The van der Waals surface area contributed by atoms with Crippen LogP contribution in [0.25, 0.3) is 0 Å². The Kier molecular flexibility index (Phi) is 12.1. The Hall–Kier alpha value is 0. The van der Waals surface area contributed by atoms with Gasteiger partial charge in [-0.1, -0.05) is 92.4 Å². The highest BCUT2D eigenvalue weighted by molar-refractivity contribution is 4.69. The van der Waals surface area contributed by atoms with Gasteiger partial charge in [-0.3, -0.25) is 0 Å². The fraction of sp³-hybridized carbons (Fsp3) is 1.00. The molecule has 0 spiro atoms. The van der Waals surface area contributed by atoms with Crippen molar-refractivity contribution in [2.75, 3.05) is 0 Å². The molecule has 0 fully saturated rings. The van der Waals surface area contributed by atoms with Crippen molar-refractivity contribution in [3.8, 4) is 0 Å². The van der Waals surface area contributed by atoms with Crippen LogP contribution in [0.1, 0.15) is 98.8 Å². The maximum Gasteiger partial charge on any atom is -0.0386 e. The molecule has 0 aromatic heterocycles. The third-order valence-corrected chi connectivity index (χ3v) is 4.71. The predicted molar refractivity (Wildman–Crippen MR) is 85.0 cm³/mol. The van der Waals surface area contributed by atoms with Crippen molar-refractivity contribution < 1.29 is 0 Å². The van der Waals surface area contributed by atoms with E-state index in [2.05, 4.69) is 34.6 Å². The lowest BCUT2D eigenvalue weighted by Gasteiger charge is -2.26. The van der Waals surface area contributed by atoms with Crippen LogP contribution in [0, 0.1) is 17.8 Å². The zero-order valence-corrected chi connectivity index (χ0v) is 13.8. The molecule has 2 atom stereocenters.